The zero-order valence-electron chi connectivity index (χ0n) is 11.9. The van der Waals surface area contributed by atoms with Crippen LogP contribution in [0.2, 0.25) is 10.0 Å². The Hall–Kier alpha value is -1.27. The van der Waals surface area contributed by atoms with Crippen LogP contribution in [0.25, 0.3) is 0 Å². The first-order chi connectivity index (χ1) is 10.6. The number of halogens is 2. The van der Waals surface area contributed by atoms with Crippen LogP contribution in [0.1, 0.15) is 11.3 Å². The second kappa shape index (κ2) is 6.87. The van der Waals surface area contributed by atoms with Crippen LogP contribution in [-0.2, 0) is 13.0 Å². The van der Waals surface area contributed by atoms with Crippen LogP contribution >= 0.6 is 23.2 Å². The van der Waals surface area contributed by atoms with Gasteiger partial charge in [-0.15, -0.1) is 0 Å². The van der Waals surface area contributed by atoms with Gasteiger partial charge in [0, 0.05) is 62.1 Å². The molecule has 1 fully saturated rings. The number of rotatable bonds is 4. The van der Waals surface area contributed by atoms with Crippen molar-refractivity contribution < 1.29 is 5.11 Å². The van der Waals surface area contributed by atoms with Crippen molar-refractivity contribution in [1.29, 1.82) is 0 Å². The molecule has 2 aromatic heterocycles. The molecule has 0 saturated carbocycles. The van der Waals surface area contributed by atoms with Crippen LogP contribution in [0, 0.1) is 5.92 Å². The van der Waals surface area contributed by atoms with Crippen molar-refractivity contribution in [2.45, 2.75) is 19.1 Å². The molecule has 2 aromatic rings. The molecule has 0 aromatic carbocycles. The van der Waals surface area contributed by atoms with Crippen LogP contribution in [0.4, 0.5) is 0 Å². The van der Waals surface area contributed by atoms with Gasteiger partial charge in [-0.1, -0.05) is 23.2 Å². The van der Waals surface area contributed by atoms with Crippen molar-refractivity contribution in [2.24, 2.45) is 5.92 Å². The lowest BCUT2D eigenvalue weighted by Gasteiger charge is -2.17. The molecule has 0 spiro atoms. The second-order valence-electron chi connectivity index (χ2n) is 5.50. The number of likely N-dealkylation sites (tertiary alicyclic amines) is 1. The van der Waals surface area contributed by atoms with E-state index in [9.17, 15) is 5.11 Å². The first-order valence-electron chi connectivity index (χ1n) is 7.06. The molecule has 0 unspecified atom stereocenters. The molecule has 116 valence electrons. The Bertz CT molecular complexity index is 620. The van der Waals surface area contributed by atoms with E-state index in [4.69, 9.17) is 23.2 Å². The maximum atomic E-state index is 10.3. The van der Waals surface area contributed by atoms with Crippen LogP contribution in [0.5, 0.6) is 0 Å². The summed E-state index contributed by atoms with van der Waals surface area (Å²) < 4.78 is 0. The highest BCUT2D eigenvalue weighted by Gasteiger charge is 2.32. The highest BCUT2D eigenvalue weighted by Crippen LogP contribution is 2.28. The lowest BCUT2D eigenvalue weighted by atomic mass is 10.0. The molecule has 0 bridgehead atoms. The zero-order chi connectivity index (χ0) is 15.5. The van der Waals surface area contributed by atoms with Gasteiger partial charge in [-0.3, -0.25) is 19.9 Å². The number of aliphatic hydroxyl groups excluding tert-OH is 1. The summed E-state index contributed by atoms with van der Waals surface area (Å²) in [6.45, 7) is 1.97. The Balaban J connectivity index is 1.66. The number of aliphatic hydroxyl groups is 1. The minimum atomic E-state index is -0.388. The molecule has 5 nitrogen and oxygen atoms in total. The SMILES string of the molecule is O[C@@H]1CN(Cc2c(Cl)cncc2Cl)C[C@H]1Cc1cnccn1. The number of β-amino-alcohol motifs (C(OH)–C–C–N with tert-alkyl or cyclic N) is 1. The largest absolute Gasteiger partial charge is 0.391 e. The smallest absolute Gasteiger partial charge is 0.0711 e. The molecule has 0 aliphatic carbocycles. The van der Waals surface area contributed by atoms with E-state index >= 15 is 0 Å². The van der Waals surface area contributed by atoms with Gasteiger partial charge in [-0.05, 0) is 6.42 Å². The van der Waals surface area contributed by atoms with Gasteiger partial charge in [0.05, 0.1) is 21.8 Å². The topological polar surface area (TPSA) is 62.1 Å². The Morgan fingerprint density at radius 3 is 2.55 bits per heavy atom. The Kier molecular flexibility index (Phi) is 4.88. The first-order valence-corrected chi connectivity index (χ1v) is 7.82. The van der Waals surface area contributed by atoms with E-state index in [1.165, 1.54) is 0 Å². The highest BCUT2D eigenvalue weighted by molar-refractivity contribution is 6.35. The molecule has 3 heterocycles. The fourth-order valence-electron chi connectivity index (χ4n) is 2.79. The van der Waals surface area contributed by atoms with Crippen LogP contribution in [-0.4, -0.2) is 44.2 Å². The zero-order valence-corrected chi connectivity index (χ0v) is 13.4. The molecule has 0 amide bonds. The molecule has 0 radical (unpaired) electrons. The molecule has 3 rings (SSSR count). The third kappa shape index (κ3) is 3.55. The van der Waals surface area contributed by atoms with Gasteiger partial charge < -0.3 is 5.11 Å². The summed E-state index contributed by atoms with van der Waals surface area (Å²) in [6.07, 6.45) is 8.56. The van der Waals surface area contributed by atoms with Crippen molar-refractivity contribution in [3.05, 3.63) is 52.3 Å². The van der Waals surface area contributed by atoms with Crippen LogP contribution in [0.15, 0.2) is 31.0 Å². The van der Waals surface area contributed by atoms with Crippen molar-refractivity contribution in [1.82, 2.24) is 19.9 Å². The van der Waals surface area contributed by atoms with Gasteiger partial charge in [0.2, 0.25) is 0 Å². The number of hydrogen-bond donors (Lipinski definition) is 1. The minimum Gasteiger partial charge on any atom is -0.391 e. The number of pyridine rings is 1. The van der Waals surface area contributed by atoms with Crippen LogP contribution in [0.3, 0.4) is 0 Å². The lowest BCUT2D eigenvalue weighted by molar-refractivity contribution is 0.140. The Labute approximate surface area is 138 Å². The number of nitrogens with zero attached hydrogens (tertiary/aromatic N) is 4. The minimum absolute atomic E-state index is 0.135. The van der Waals surface area contributed by atoms with E-state index in [1.807, 2.05) is 0 Å². The maximum absolute atomic E-state index is 10.3. The van der Waals surface area contributed by atoms with Crippen molar-refractivity contribution in [3.63, 3.8) is 0 Å². The molecular weight excluding hydrogens is 323 g/mol. The summed E-state index contributed by atoms with van der Waals surface area (Å²) in [6, 6.07) is 0. The van der Waals surface area contributed by atoms with E-state index in [-0.39, 0.29) is 12.0 Å². The van der Waals surface area contributed by atoms with Gasteiger partial charge in [0.15, 0.2) is 0 Å². The molecule has 1 aliphatic heterocycles. The summed E-state index contributed by atoms with van der Waals surface area (Å²) in [7, 11) is 0. The Morgan fingerprint density at radius 1 is 1.09 bits per heavy atom. The van der Waals surface area contributed by atoms with Gasteiger partial charge in [0.25, 0.3) is 0 Å². The molecule has 1 N–H and O–H groups in total. The van der Waals surface area contributed by atoms with E-state index in [1.54, 1.807) is 31.0 Å². The summed E-state index contributed by atoms with van der Waals surface area (Å²) in [4.78, 5) is 14.4. The van der Waals surface area contributed by atoms with Gasteiger partial charge in [-0.25, -0.2) is 0 Å². The van der Waals surface area contributed by atoms with Crippen molar-refractivity contribution in [3.8, 4) is 0 Å². The lowest BCUT2D eigenvalue weighted by Crippen LogP contribution is -2.21. The molecule has 1 saturated heterocycles. The second-order valence-corrected chi connectivity index (χ2v) is 6.32. The Morgan fingerprint density at radius 2 is 1.86 bits per heavy atom. The van der Waals surface area contributed by atoms with Crippen molar-refractivity contribution >= 4 is 23.2 Å². The molecule has 7 heteroatoms. The quantitative estimate of drug-likeness (QED) is 0.925. The highest BCUT2D eigenvalue weighted by atomic mass is 35.5. The van der Waals surface area contributed by atoms with Gasteiger partial charge in [-0.2, -0.15) is 0 Å². The summed E-state index contributed by atoms with van der Waals surface area (Å²) in [5, 5.41) is 11.4. The summed E-state index contributed by atoms with van der Waals surface area (Å²) >= 11 is 12.3. The van der Waals surface area contributed by atoms with Crippen molar-refractivity contribution in [2.75, 3.05) is 13.1 Å². The maximum Gasteiger partial charge on any atom is 0.0711 e. The third-order valence-electron chi connectivity index (χ3n) is 3.90. The monoisotopic (exact) mass is 338 g/mol. The first kappa shape index (κ1) is 15.6. The van der Waals surface area contributed by atoms with E-state index in [0.717, 1.165) is 17.8 Å². The number of hydrogen-bond acceptors (Lipinski definition) is 5. The summed E-state index contributed by atoms with van der Waals surface area (Å²) in [5.41, 5.74) is 1.75. The van der Waals surface area contributed by atoms with E-state index in [0.29, 0.717) is 29.6 Å². The molecule has 2 atom stereocenters. The summed E-state index contributed by atoms with van der Waals surface area (Å²) in [5.74, 6) is 0.135. The number of aromatic nitrogens is 3. The van der Waals surface area contributed by atoms with Gasteiger partial charge >= 0.3 is 0 Å². The fourth-order valence-corrected chi connectivity index (χ4v) is 3.27. The predicted octanol–water partition coefficient (Wildman–Crippen LogP) is 2.21. The average molecular weight is 339 g/mol. The third-order valence-corrected chi connectivity index (χ3v) is 4.56. The van der Waals surface area contributed by atoms with Gasteiger partial charge in [0.1, 0.15) is 0 Å². The van der Waals surface area contributed by atoms with E-state index < -0.39 is 0 Å². The molecule has 1 aliphatic rings. The van der Waals surface area contributed by atoms with Crippen LogP contribution < -0.4 is 0 Å². The van der Waals surface area contributed by atoms with E-state index in [2.05, 4.69) is 19.9 Å². The predicted molar refractivity (Wildman–Crippen MR) is 84.8 cm³/mol. The molecular formula is C15H16Cl2N4O. The normalized spacial score (nSPS) is 22.1. The fraction of sp³-hybridized carbons (Fsp3) is 0.400. The standard InChI is InChI=1S/C15H16Cl2N4O/c16-13-5-19-6-14(17)12(13)8-21-7-10(15(22)9-21)3-11-4-18-1-2-20-11/h1-2,4-6,10,15,22H,3,7-9H2/t10-,15-/m1/s1. The average Bonchev–Trinajstić information content (AvgIpc) is 2.84. The molecule has 22 heavy (non-hydrogen) atoms.